The van der Waals surface area contributed by atoms with E-state index in [0.717, 1.165) is 24.6 Å². The Morgan fingerprint density at radius 3 is 3.00 bits per heavy atom. The molecule has 1 aromatic heterocycles. The summed E-state index contributed by atoms with van der Waals surface area (Å²) in [6.45, 7) is 1.71. The molecule has 1 aliphatic rings. The normalized spacial score (nSPS) is 17.5. The van der Waals surface area contributed by atoms with Gasteiger partial charge in [0.05, 0.1) is 0 Å². The van der Waals surface area contributed by atoms with Gasteiger partial charge < -0.3 is 15.0 Å². The first-order chi connectivity index (χ1) is 10.7. The van der Waals surface area contributed by atoms with Crippen molar-refractivity contribution >= 4 is 34.0 Å². The van der Waals surface area contributed by atoms with Crippen molar-refractivity contribution in [3.8, 4) is 5.75 Å². The fourth-order valence-corrected chi connectivity index (χ4v) is 3.18. The first-order valence-corrected chi connectivity index (χ1v) is 8.28. The van der Waals surface area contributed by atoms with Crippen LogP contribution in [0.1, 0.15) is 6.42 Å². The Morgan fingerprint density at radius 1 is 1.45 bits per heavy atom. The second kappa shape index (κ2) is 6.98. The second-order valence-corrected chi connectivity index (χ2v) is 6.37. The first-order valence-electron chi connectivity index (χ1n) is 7.03. The number of carbonyl (C=O) groups excluding carboxylic acids is 1. The molecule has 1 aliphatic heterocycles. The summed E-state index contributed by atoms with van der Waals surface area (Å²) in [7, 11) is 0. The van der Waals surface area contributed by atoms with Gasteiger partial charge in [0, 0.05) is 35.7 Å². The molecule has 1 fully saturated rings. The lowest BCUT2D eigenvalue weighted by Gasteiger charge is -2.16. The van der Waals surface area contributed by atoms with Crippen molar-refractivity contribution in [1.82, 2.24) is 10.3 Å². The van der Waals surface area contributed by atoms with Crippen LogP contribution in [0.4, 0.5) is 5.13 Å². The number of anilines is 1. The molecular formula is C15H16ClN3O2S. The average Bonchev–Trinajstić information content (AvgIpc) is 3.17. The van der Waals surface area contributed by atoms with Gasteiger partial charge in [0.1, 0.15) is 5.75 Å². The summed E-state index contributed by atoms with van der Waals surface area (Å²) in [5.74, 6) is 0.524. The Bertz CT molecular complexity index is 618. The van der Waals surface area contributed by atoms with Gasteiger partial charge in [-0.15, -0.1) is 11.3 Å². The Labute approximate surface area is 137 Å². The molecule has 0 radical (unpaired) electrons. The Kier molecular flexibility index (Phi) is 4.80. The van der Waals surface area contributed by atoms with Crippen LogP contribution in [0.2, 0.25) is 5.02 Å². The Balaban J connectivity index is 1.43. The number of nitrogens with zero attached hydrogens (tertiary/aromatic N) is 2. The summed E-state index contributed by atoms with van der Waals surface area (Å²) in [6.07, 6.45) is 2.72. The van der Waals surface area contributed by atoms with E-state index < -0.39 is 0 Å². The monoisotopic (exact) mass is 337 g/mol. The first kappa shape index (κ1) is 15.1. The maximum atomic E-state index is 11.9. The number of nitrogens with one attached hydrogen (secondary N) is 1. The van der Waals surface area contributed by atoms with Crippen molar-refractivity contribution < 1.29 is 9.53 Å². The third kappa shape index (κ3) is 3.90. The van der Waals surface area contributed by atoms with Crippen molar-refractivity contribution in [2.24, 2.45) is 0 Å². The van der Waals surface area contributed by atoms with E-state index in [1.165, 1.54) is 0 Å². The lowest BCUT2D eigenvalue weighted by atomic mass is 10.2. The molecular weight excluding hydrogens is 322 g/mol. The van der Waals surface area contributed by atoms with Crippen LogP contribution in [-0.4, -0.2) is 36.6 Å². The summed E-state index contributed by atoms with van der Waals surface area (Å²) in [4.78, 5) is 18.4. The van der Waals surface area contributed by atoms with Crippen molar-refractivity contribution in [2.75, 3.05) is 24.6 Å². The number of hydrogen-bond acceptors (Lipinski definition) is 5. The van der Waals surface area contributed by atoms with Crippen LogP contribution in [-0.2, 0) is 4.79 Å². The largest absolute Gasteiger partial charge is 0.484 e. The summed E-state index contributed by atoms with van der Waals surface area (Å²) in [6, 6.07) is 7.10. The minimum atomic E-state index is -0.110. The fraction of sp³-hybridized carbons (Fsp3) is 0.333. The van der Waals surface area contributed by atoms with Crippen LogP contribution < -0.4 is 15.0 Å². The minimum absolute atomic E-state index is 0.00931. The lowest BCUT2D eigenvalue weighted by Crippen LogP contribution is -2.39. The number of halogens is 1. The highest BCUT2D eigenvalue weighted by Gasteiger charge is 2.25. The molecule has 1 N–H and O–H groups in total. The number of ether oxygens (including phenoxy) is 1. The molecule has 116 valence electrons. The van der Waals surface area contributed by atoms with Crippen molar-refractivity contribution in [2.45, 2.75) is 12.5 Å². The Morgan fingerprint density at radius 2 is 2.27 bits per heavy atom. The summed E-state index contributed by atoms with van der Waals surface area (Å²) in [5, 5.41) is 6.61. The van der Waals surface area contributed by atoms with Crippen molar-refractivity contribution in [1.29, 1.82) is 0 Å². The molecule has 5 nitrogen and oxygen atoms in total. The molecule has 0 saturated carbocycles. The number of carbonyl (C=O) groups is 1. The van der Waals surface area contributed by atoms with E-state index in [1.807, 2.05) is 5.38 Å². The lowest BCUT2D eigenvalue weighted by molar-refractivity contribution is -0.123. The third-order valence-corrected chi connectivity index (χ3v) is 4.51. The number of benzene rings is 1. The topological polar surface area (TPSA) is 54.5 Å². The van der Waals surface area contributed by atoms with Crippen molar-refractivity contribution in [3.63, 3.8) is 0 Å². The third-order valence-electron chi connectivity index (χ3n) is 3.43. The summed E-state index contributed by atoms with van der Waals surface area (Å²) >= 11 is 7.42. The number of hydrogen-bond donors (Lipinski definition) is 1. The van der Waals surface area contributed by atoms with Crippen LogP contribution in [0.5, 0.6) is 5.75 Å². The quantitative estimate of drug-likeness (QED) is 0.911. The van der Waals surface area contributed by atoms with Gasteiger partial charge in [-0.1, -0.05) is 11.6 Å². The van der Waals surface area contributed by atoms with Gasteiger partial charge in [0.2, 0.25) is 0 Å². The maximum absolute atomic E-state index is 11.9. The van der Waals surface area contributed by atoms with Gasteiger partial charge in [-0.3, -0.25) is 4.79 Å². The number of thiazole rings is 1. The zero-order valence-corrected chi connectivity index (χ0v) is 13.4. The molecule has 7 heteroatoms. The van der Waals surface area contributed by atoms with Crippen LogP contribution in [0.3, 0.4) is 0 Å². The molecule has 1 amide bonds. The summed E-state index contributed by atoms with van der Waals surface area (Å²) in [5.41, 5.74) is 0. The molecule has 1 unspecified atom stereocenters. The van der Waals surface area contributed by atoms with Gasteiger partial charge in [0.15, 0.2) is 11.7 Å². The van der Waals surface area contributed by atoms with E-state index >= 15 is 0 Å². The Hall–Kier alpha value is -1.79. The van der Waals surface area contributed by atoms with Gasteiger partial charge in [-0.2, -0.15) is 0 Å². The highest BCUT2D eigenvalue weighted by molar-refractivity contribution is 7.13. The number of rotatable bonds is 5. The molecule has 0 spiro atoms. The standard InChI is InChI=1S/C15H16ClN3O2S/c16-11-1-3-13(4-2-11)21-10-14(20)18-12-5-7-19(9-12)15-17-6-8-22-15/h1-4,6,8,12H,5,7,9-10H2,(H,18,20). The van der Waals surface area contributed by atoms with E-state index in [1.54, 1.807) is 41.8 Å². The molecule has 1 aromatic carbocycles. The second-order valence-electron chi connectivity index (χ2n) is 5.06. The zero-order valence-electron chi connectivity index (χ0n) is 11.9. The van der Waals surface area contributed by atoms with E-state index in [9.17, 15) is 4.79 Å². The fourth-order valence-electron chi connectivity index (χ4n) is 2.37. The molecule has 1 saturated heterocycles. The summed E-state index contributed by atoms with van der Waals surface area (Å²) < 4.78 is 5.44. The number of aromatic nitrogens is 1. The smallest absolute Gasteiger partial charge is 0.258 e. The van der Waals surface area contributed by atoms with Crippen LogP contribution in [0.15, 0.2) is 35.8 Å². The molecule has 2 aromatic rings. The highest BCUT2D eigenvalue weighted by Crippen LogP contribution is 2.22. The van der Waals surface area contributed by atoms with E-state index in [-0.39, 0.29) is 18.6 Å². The molecule has 2 heterocycles. The van der Waals surface area contributed by atoms with E-state index in [2.05, 4.69) is 15.2 Å². The predicted molar refractivity (Wildman–Crippen MR) is 87.8 cm³/mol. The molecule has 1 atom stereocenters. The minimum Gasteiger partial charge on any atom is -0.484 e. The van der Waals surface area contributed by atoms with Crippen LogP contribution in [0, 0.1) is 0 Å². The van der Waals surface area contributed by atoms with E-state index in [0.29, 0.717) is 10.8 Å². The van der Waals surface area contributed by atoms with Gasteiger partial charge >= 0.3 is 0 Å². The predicted octanol–water partition coefficient (Wildman–Crippen LogP) is 2.57. The van der Waals surface area contributed by atoms with Gasteiger partial charge in [-0.05, 0) is 30.7 Å². The molecule has 0 bridgehead atoms. The SMILES string of the molecule is O=C(COc1ccc(Cl)cc1)NC1CCN(c2nccs2)C1. The van der Waals surface area contributed by atoms with Gasteiger partial charge in [0.25, 0.3) is 5.91 Å². The molecule has 3 rings (SSSR count). The maximum Gasteiger partial charge on any atom is 0.258 e. The highest BCUT2D eigenvalue weighted by atomic mass is 35.5. The molecule has 22 heavy (non-hydrogen) atoms. The zero-order chi connectivity index (χ0) is 15.4. The molecule has 0 aliphatic carbocycles. The van der Waals surface area contributed by atoms with E-state index in [4.69, 9.17) is 16.3 Å². The van der Waals surface area contributed by atoms with Crippen LogP contribution in [0.25, 0.3) is 0 Å². The average molecular weight is 338 g/mol. The van der Waals surface area contributed by atoms with Crippen LogP contribution >= 0.6 is 22.9 Å². The van der Waals surface area contributed by atoms with Crippen molar-refractivity contribution in [3.05, 3.63) is 40.9 Å². The van der Waals surface area contributed by atoms with Gasteiger partial charge in [-0.25, -0.2) is 4.98 Å². The number of amides is 1.